The summed E-state index contributed by atoms with van der Waals surface area (Å²) in [5.74, 6) is -0.00998. The van der Waals surface area contributed by atoms with Gasteiger partial charge in [-0.1, -0.05) is 12.5 Å². The number of amides is 1. The number of methoxy groups -OCH3 is 1. The molecule has 6 rings (SSSR count). The Hall–Kier alpha value is -3.59. The Labute approximate surface area is 208 Å². The molecule has 3 aliphatic rings. The van der Waals surface area contributed by atoms with Crippen molar-refractivity contribution in [2.75, 3.05) is 32.2 Å². The van der Waals surface area contributed by atoms with Gasteiger partial charge in [-0.2, -0.15) is 0 Å². The molecular weight excluding hydrogens is 463 g/mol. The number of ether oxygens (including phenoxy) is 3. The Morgan fingerprint density at radius 1 is 1.25 bits per heavy atom. The molecule has 2 fully saturated rings. The number of anilines is 2. The van der Waals surface area contributed by atoms with Crippen molar-refractivity contribution >= 4 is 17.3 Å². The van der Waals surface area contributed by atoms with E-state index in [1.807, 2.05) is 13.0 Å². The summed E-state index contributed by atoms with van der Waals surface area (Å²) in [7, 11) is 1.42. The largest absolute Gasteiger partial charge is 0.492 e. The highest BCUT2D eigenvalue weighted by molar-refractivity contribution is 6.07. The molecule has 4 heterocycles. The zero-order valence-electron chi connectivity index (χ0n) is 20.4. The average Bonchev–Trinajstić information content (AvgIpc) is 3.21. The summed E-state index contributed by atoms with van der Waals surface area (Å²) in [4.78, 5) is 21.1. The second-order valence-electron chi connectivity index (χ2n) is 10.1. The first-order valence-corrected chi connectivity index (χ1v) is 12.3. The first-order valence-electron chi connectivity index (χ1n) is 12.3. The predicted molar refractivity (Wildman–Crippen MR) is 133 cm³/mol. The third-order valence-electron chi connectivity index (χ3n) is 7.75. The lowest BCUT2D eigenvalue weighted by Gasteiger charge is -2.44. The van der Waals surface area contributed by atoms with E-state index in [1.54, 1.807) is 24.5 Å². The Morgan fingerprint density at radius 2 is 2.08 bits per heavy atom. The Kier molecular flexibility index (Phi) is 5.40. The summed E-state index contributed by atoms with van der Waals surface area (Å²) in [6, 6.07) is 6.53. The number of halogens is 1. The van der Waals surface area contributed by atoms with Crippen molar-refractivity contribution in [2.45, 2.75) is 43.6 Å². The molecule has 0 radical (unpaired) electrons. The minimum absolute atomic E-state index is 0.0780. The van der Waals surface area contributed by atoms with Gasteiger partial charge in [-0.15, -0.1) is 0 Å². The Bertz CT molecular complexity index is 1330. The van der Waals surface area contributed by atoms with Gasteiger partial charge in [0.2, 0.25) is 0 Å². The maximum absolute atomic E-state index is 14.5. The zero-order valence-corrected chi connectivity index (χ0v) is 20.4. The Morgan fingerprint density at radius 3 is 2.78 bits per heavy atom. The number of fused-ring (bicyclic) bond motifs is 2. The van der Waals surface area contributed by atoms with Gasteiger partial charge in [0.25, 0.3) is 5.91 Å². The van der Waals surface area contributed by atoms with Gasteiger partial charge in [-0.05, 0) is 38.0 Å². The summed E-state index contributed by atoms with van der Waals surface area (Å²) in [6.07, 6.45) is 7.36. The number of nitrogens with zero attached hydrogens (tertiary/aromatic N) is 1. The highest BCUT2D eigenvalue weighted by atomic mass is 19.1. The van der Waals surface area contributed by atoms with Gasteiger partial charge in [0.05, 0.1) is 42.5 Å². The molecule has 1 unspecified atom stereocenters. The van der Waals surface area contributed by atoms with Gasteiger partial charge in [-0.25, -0.2) is 4.39 Å². The summed E-state index contributed by atoms with van der Waals surface area (Å²) in [5.41, 5.74) is 3.41. The van der Waals surface area contributed by atoms with E-state index in [0.717, 1.165) is 43.5 Å². The summed E-state index contributed by atoms with van der Waals surface area (Å²) in [5, 5.41) is 6.39. The van der Waals surface area contributed by atoms with Crippen LogP contribution >= 0.6 is 0 Å². The number of benzene rings is 1. The van der Waals surface area contributed by atoms with E-state index in [9.17, 15) is 9.18 Å². The molecule has 8 nitrogen and oxygen atoms in total. The van der Waals surface area contributed by atoms with Crippen molar-refractivity contribution in [3.05, 3.63) is 53.7 Å². The molecule has 1 saturated carbocycles. The third-order valence-corrected chi connectivity index (χ3v) is 7.75. The van der Waals surface area contributed by atoms with Crippen molar-refractivity contribution in [1.29, 1.82) is 0 Å². The van der Waals surface area contributed by atoms with Crippen LogP contribution in [-0.2, 0) is 10.2 Å². The van der Waals surface area contributed by atoms with Crippen LogP contribution in [0.2, 0.25) is 0 Å². The molecule has 0 bridgehead atoms. The van der Waals surface area contributed by atoms with Crippen molar-refractivity contribution in [1.82, 2.24) is 15.3 Å². The monoisotopic (exact) mass is 492 g/mol. The van der Waals surface area contributed by atoms with Gasteiger partial charge in [-0.3, -0.25) is 9.78 Å². The van der Waals surface area contributed by atoms with Crippen LogP contribution in [0.25, 0.3) is 11.3 Å². The second kappa shape index (κ2) is 8.51. The SMILES string of the molecule is COc1c(F)cccc1Nc1c(-c2ccncc2OCC2(C)CCO2)[nH]c2c1C(=O)NCC21CCC1. The maximum Gasteiger partial charge on any atom is 0.255 e. The molecule has 9 heteroatoms. The van der Waals surface area contributed by atoms with Crippen LogP contribution in [0, 0.1) is 5.82 Å². The molecule has 2 aromatic heterocycles. The topological polar surface area (TPSA) is 97.5 Å². The predicted octanol–water partition coefficient (Wildman–Crippen LogP) is 4.69. The van der Waals surface area contributed by atoms with Gasteiger partial charge in [0.1, 0.15) is 18.0 Å². The fourth-order valence-electron chi connectivity index (χ4n) is 5.35. The van der Waals surface area contributed by atoms with E-state index in [4.69, 9.17) is 14.2 Å². The van der Waals surface area contributed by atoms with Gasteiger partial charge in [0.15, 0.2) is 11.6 Å². The number of carbonyl (C=O) groups excluding carboxylic acids is 1. The summed E-state index contributed by atoms with van der Waals surface area (Å²) < 4.78 is 31.7. The van der Waals surface area contributed by atoms with E-state index in [-0.39, 0.29) is 22.7 Å². The minimum Gasteiger partial charge on any atom is -0.492 e. The first-order chi connectivity index (χ1) is 17.4. The molecular formula is C27H29FN4O4. The molecule has 2 aliphatic heterocycles. The minimum atomic E-state index is -0.491. The van der Waals surface area contributed by atoms with Gasteiger partial charge >= 0.3 is 0 Å². The number of aromatic nitrogens is 2. The molecule has 1 aliphatic carbocycles. The Balaban J connectivity index is 1.49. The number of carbonyl (C=O) groups is 1. The quantitative estimate of drug-likeness (QED) is 0.443. The molecule has 1 aromatic carbocycles. The number of para-hydroxylation sites is 1. The number of hydrogen-bond acceptors (Lipinski definition) is 6. The highest BCUT2D eigenvalue weighted by Crippen LogP contribution is 2.51. The highest BCUT2D eigenvalue weighted by Gasteiger charge is 2.47. The maximum atomic E-state index is 14.5. The third kappa shape index (κ3) is 3.61. The number of aromatic amines is 1. The van der Waals surface area contributed by atoms with Crippen LogP contribution in [-0.4, -0.2) is 48.3 Å². The molecule has 1 amide bonds. The fourth-order valence-corrected chi connectivity index (χ4v) is 5.35. The summed E-state index contributed by atoms with van der Waals surface area (Å²) in [6.45, 7) is 3.73. The van der Waals surface area contributed by atoms with Crippen LogP contribution in [0.15, 0.2) is 36.7 Å². The molecule has 1 spiro atoms. The van der Waals surface area contributed by atoms with Crippen LogP contribution in [0.4, 0.5) is 15.8 Å². The van der Waals surface area contributed by atoms with Crippen LogP contribution in [0.3, 0.4) is 0 Å². The number of hydrogen-bond donors (Lipinski definition) is 3. The van der Waals surface area contributed by atoms with Crippen molar-refractivity contribution < 1.29 is 23.4 Å². The van der Waals surface area contributed by atoms with Gasteiger partial charge in [0, 0.05) is 35.8 Å². The first kappa shape index (κ1) is 22.8. The fraction of sp³-hybridized carbons (Fsp3) is 0.407. The van der Waals surface area contributed by atoms with Crippen molar-refractivity contribution in [2.24, 2.45) is 0 Å². The zero-order chi connectivity index (χ0) is 24.9. The lowest BCUT2D eigenvalue weighted by molar-refractivity contribution is -0.152. The molecule has 188 valence electrons. The van der Waals surface area contributed by atoms with Crippen LogP contribution in [0.1, 0.15) is 48.7 Å². The van der Waals surface area contributed by atoms with E-state index >= 15 is 0 Å². The van der Waals surface area contributed by atoms with Crippen molar-refractivity contribution in [3.8, 4) is 22.8 Å². The van der Waals surface area contributed by atoms with Crippen molar-refractivity contribution in [3.63, 3.8) is 0 Å². The van der Waals surface area contributed by atoms with E-state index in [2.05, 4.69) is 20.6 Å². The normalized spacial score (nSPS) is 21.7. The standard InChI is InChI=1S/C27H29FN4O4/c1-26(10-12-36-26)15-35-19-13-29-11-7-16(19)21-22(31-18-6-3-5-17(28)23(18)34-2)20-24(32-21)27(8-4-9-27)14-30-25(20)33/h3,5-7,11,13,31-32H,4,8-10,12,14-15H2,1-2H3,(H,30,33). The number of pyridine rings is 1. The number of H-pyrrole nitrogens is 1. The van der Waals surface area contributed by atoms with E-state index in [0.29, 0.717) is 41.5 Å². The smallest absolute Gasteiger partial charge is 0.255 e. The molecule has 3 aromatic rings. The van der Waals surface area contributed by atoms with Gasteiger partial charge < -0.3 is 29.8 Å². The second-order valence-corrected chi connectivity index (χ2v) is 10.1. The van der Waals surface area contributed by atoms with E-state index in [1.165, 1.54) is 13.2 Å². The van der Waals surface area contributed by atoms with E-state index < -0.39 is 5.82 Å². The summed E-state index contributed by atoms with van der Waals surface area (Å²) >= 11 is 0. The van der Waals surface area contributed by atoms with Crippen LogP contribution in [0.5, 0.6) is 11.5 Å². The molecule has 36 heavy (non-hydrogen) atoms. The van der Waals surface area contributed by atoms with Crippen LogP contribution < -0.4 is 20.1 Å². The number of nitrogens with one attached hydrogen (secondary N) is 3. The molecule has 1 saturated heterocycles. The lowest BCUT2D eigenvalue weighted by atomic mass is 9.64. The molecule has 1 atom stereocenters. The lowest BCUT2D eigenvalue weighted by Crippen LogP contribution is -2.50. The average molecular weight is 493 g/mol. The molecule has 3 N–H and O–H groups in total. The number of rotatable bonds is 7.